The maximum atomic E-state index is 11.9. The van der Waals surface area contributed by atoms with Gasteiger partial charge in [0.05, 0.1) is 12.2 Å². The average Bonchev–Trinajstić information content (AvgIpc) is 2.70. The third-order valence-electron chi connectivity index (χ3n) is 3.00. The first-order valence-corrected chi connectivity index (χ1v) is 6.16. The Bertz CT molecular complexity index is 805. The number of hydrogen-bond acceptors (Lipinski definition) is 3. The molecule has 5 heteroatoms. The molecule has 0 amide bonds. The zero-order chi connectivity index (χ0) is 13.4. The highest BCUT2D eigenvalue weighted by Gasteiger charge is 2.13. The lowest BCUT2D eigenvalue weighted by Crippen LogP contribution is -2.15. The molecule has 0 saturated heterocycles. The van der Waals surface area contributed by atoms with Crippen molar-refractivity contribution in [2.24, 2.45) is 0 Å². The zero-order valence-electron chi connectivity index (χ0n) is 9.97. The number of hydrogen-bond donors (Lipinski definition) is 1. The fourth-order valence-corrected chi connectivity index (χ4v) is 2.29. The van der Waals surface area contributed by atoms with E-state index in [1.165, 1.54) is 4.57 Å². The SMILES string of the molecule is Nc1cccc2oc(=O)n(Cc3ccccc3Cl)c12. The molecule has 4 nitrogen and oxygen atoms in total. The zero-order valence-corrected chi connectivity index (χ0v) is 10.7. The molecular formula is C14H11ClN2O2. The van der Waals surface area contributed by atoms with Crippen LogP contribution in [0.3, 0.4) is 0 Å². The Morgan fingerprint density at radius 3 is 2.74 bits per heavy atom. The molecule has 0 aliphatic rings. The molecule has 2 aromatic carbocycles. The van der Waals surface area contributed by atoms with Gasteiger partial charge in [0.15, 0.2) is 5.58 Å². The summed E-state index contributed by atoms with van der Waals surface area (Å²) in [7, 11) is 0. The Morgan fingerprint density at radius 1 is 1.16 bits per heavy atom. The predicted octanol–water partition coefficient (Wildman–Crippen LogP) is 2.88. The molecule has 0 atom stereocenters. The van der Waals surface area contributed by atoms with Crippen molar-refractivity contribution in [3.63, 3.8) is 0 Å². The van der Waals surface area contributed by atoms with E-state index in [4.69, 9.17) is 21.8 Å². The molecule has 3 rings (SSSR count). The van der Waals surface area contributed by atoms with Crippen LogP contribution in [0.2, 0.25) is 5.02 Å². The Morgan fingerprint density at radius 2 is 1.95 bits per heavy atom. The molecule has 19 heavy (non-hydrogen) atoms. The molecular weight excluding hydrogens is 264 g/mol. The lowest BCUT2D eigenvalue weighted by Gasteiger charge is -2.05. The summed E-state index contributed by atoms with van der Waals surface area (Å²) >= 11 is 6.11. The first-order chi connectivity index (χ1) is 9.16. The van der Waals surface area contributed by atoms with Crippen molar-refractivity contribution >= 4 is 28.4 Å². The van der Waals surface area contributed by atoms with E-state index in [9.17, 15) is 4.79 Å². The maximum absolute atomic E-state index is 11.9. The van der Waals surface area contributed by atoms with Gasteiger partial charge in [0.2, 0.25) is 0 Å². The molecule has 0 fully saturated rings. The second kappa shape index (κ2) is 4.48. The third kappa shape index (κ3) is 2.00. The van der Waals surface area contributed by atoms with Crippen molar-refractivity contribution in [1.29, 1.82) is 0 Å². The van der Waals surface area contributed by atoms with Crippen LogP contribution in [0.25, 0.3) is 11.1 Å². The fraction of sp³-hybridized carbons (Fsp3) is 0.0714. The summed E-state index contributed by atoms with van der Waals surface area (Å²) in [6, 6.07) is 12.6. The number of rotatable bonds is 2. The van der Waals surface area contributed by atoms with E-state index >= 15 is 0 Å². The molecule has 0 aliphatic carbocycles. The quantitative estimate of drug-likeness (QED) is 0.731. The number of nitrogens with two attached hydrogens (primary N) is 1. The van der Waals surface area contributed by atoms with E-state index in [1.54, 1.807) is 24.3 Å². The first kappa shape index (κ1) is 11.9. The van der Waals surface area contributed by atoms with Gasteiger partial charge in [-0.3, -0.25) is 4.57 Å². The third-order valence-corrected chi connectivity index (χ3v) is 3.37. The summed E-state index contributed by atoms with van der Waals surface area (Å²) in [6.45, 7) is 0.333. The molecule has 0 saturated carbocycles. The number of oxazole rings is 1. The van der Waals surface area contributed by atoms with Gasteiger partial charge in [-0.15, -0.1) is 0 Å². The largest absolute Gasteiger partial charge is 0.420 e. The fourth-order valence-electron chi connectivity index (χ4n) is 2.09. The lowest BCUT2D eigenvalue weighted by molar-refractivity contribution is 0.518. The van der Waals surface area contributed by atoms with Gasteiger partial charge in [0.25, 0.3) is 0 Å². The summed E-state index contributed by atoms with van der Waals surface area (Å²) in [5.74, 6) is -0.437. The minimum Gasteiger partial charge on any atom is -0.408 e. The molecule has 0 aliphatic heterocycles. The van der Waals surface area contributed by atoms with Crippen LogP contribution in [0.1, 0.15) is 5.56 Å². The molecule has 0 unspecified atom stereocenters. The number of para-hydroxylation sites is 1. The second-order valence-corrected chi connectivity index (χ2v) is 4.65. The number of aromatic nitrogens is 1. The van der Waals surface area contributed by atoms with E-state index in [-0.39, 0.29) is 0 Å². The lowest BCUT2D eigenvalue weighted by atomic mass is 10.2. The molecule has 1 aromatic heterocycles. The smallest absolute Gasteiger partial charge is 0.408 e. The highest BCUT2D eigenvalue weighted by molar-refractivity contribution is 6.31. The second-order valence-electron chi connectivity index (χ2n) is 4.24. The van der Waals surface area contributed by atoms with Crippen LogP contribution in [0.15, 0.2) is 51.7 Å². The Balaban J connectivity index is 2.19. The van der Waals surface area contributed by atoms with Gasteiger partial charge in [-0.2, -0.15) is 0 Å². The predicted molar refractivity (Wildman–Crippen MR) is 75.4 cm³/mol. The molecule has 1 heterocycles. The van der Waals surface area contributed by atoms with Crippen LogP contribution in [0.5, 0.6) is 0 Å². The van der Waals surface area contributed by atoms with E-state index in [1.807, 2.05) is 18.2 Å². The maximum Gasteiger partial charge on any atom is 0.420 e. The monoisotopic (exact) mass is 274 g/mol. The van der Waals surface area contributed by atoms with Crippen molar-refractivity contribution < 1.29 is 4.42 Å². The van der Waals surface area contributed by atoms with Crippen LogP contribution in [-0.2, 0) is 6.54 Å². The first-order valence-electron chi connectivity index (χ1n) is 5.78. The summed E-state index contributed by atoms with van der Waals surface area (Å²) in [6.07, 6.45) is 0. The minimum absolute atomic E-state index is 0.333. The van der Waals surface area contributed by atoms with E-state index in [2.05, 4.69) is 0 Å². The Kier molecular flexibility index (Phi) is 2.80. The van der Waals surface area contributed by atoms with Crippen LogP contribution < -0.4 is 11.5 Å². The number of anilines is 1. The van der Waals surface area contributed by atoms with Crippen LogP contribution >= 0.6 is 11.6 Å². The summed E-state index contributed by atoms with van der Waals surface area (Å²) < 4.78 is 6.67. The number of fused-ring (bicyclic) bond motifs is 1. The van der Waals surface area contributed by atoms with Gasteiger partial charge >= 0.3 is 5.76 Å². The Labute approximate surface area is 114 Å². The number of halogens is 1. The summed E-state index contributed by atoms with van der Waals surface area (Å²) in [5, 5.41) is 0.609. The Hall–Kier alpha value is -2.20. The van der Waals surface area contributed by atoms with Crippen LogP contribution in [-0.4, -0.2) is 4.57 Å². The molecule has 0 spiro atoms. The number of nitrogen functional groups attached to an aromatic ring is 1. The van der Waals surface area contributed by atoms with Gasteiger partial charge in [0, 0.05) is 5.02 Å². The van der Waals surface area contributed by atoms with Crippen molar-refractivity contribution in [3.05, 3.63) is 63.6 Å². The summed E-state index contributed by atoms with van der Waals surface area (Å²) in [4.78, 5) is 11.9. The average molecular weight is 275 g/mol. The van der Waals surface area contributed by atoms with Crippen molar-refractivity contribution in [1.82, 2.24) is 4.57 Å². The topological polar surface area (TPSA) is 61.2 Å². The van der Waals surface area contributed by atoms with Gasteiger partial charge in [-0.05, 0) is 23.8 Å². The van der Waals surface area contributed by atoms with Crippen LogP contribution in [0, 0.1) is 0 Å². The van der Waals surface area contributed by atoms with E-state index in [0.29, 0.717) is 28.4 Å². The number of nitrogens with zero attached hydrogens (tertiary/aromatic N) is 1. The van der Waals surface area contributed by atoms with Gasteiger partial charge < -0.3 is 10.2 Å². The van der Waals surface area contributed by atoms with Gasteiger partial charge in [0.1, 0.15) is 5.52 Å². The van der Waals surface area contributed by atoms with Crippen molar-refractivity contribution in [2.45, 2.75) is 6.54 Å². The molecule has 0 bridgehead atoms. The van der Waals surface area contributed by atoms with Gasteiger partial charge in [-0.25, -0.2) is 4.79 Å². The molecule has 0 radical (unpaired) electrons. The molecule has 3 aromatic rings. The summed E-state index contributed by atoms with van der Waals surface area (Å²) in [5.41, 5.74) is 8.35. The minimum atomic E-state index is -0.437. The van der Waals surface area contributed by atoms with Crippen molar-refractivity contribution in [2.75, 3.05) is 5.73 Å². The van der Waals surface area contributed by atoms with Gasteiger partial charge in [-0.1, -0.05) is 35.9 Å². The highest BCUT2D eigenvalue weighted by Crippen LogP contribution is 2.22. The van der Waals surface area contributed by atoms with E-state index in [0.717, 1.165) is 5.56 Å². The highest BCUT2D eigenvalue weighted by atomic mass is 35.5. The van der Waals surface area contributed by atoms with Crippen molar-refractivity contribution in [3.8, 4) is 0 Å². The number of benzene rings is 2. The molecule has 96 valence electrons. The van der Waals surface area contributed by atoms with E-state index < -0.39 is 5.76 Å². The molecule has 2 N–H and O–H groups in total. The normalized spacial score (nSPS) is 11.0. The van der Waals surface area contributed by atoms with Crippen LogP contribution in [0.4, 0.5) is 5.69 Å². The standard InChI is InChI=1S/C14H11ClN2O2/c15-10-5-2-1-4-9(10)8-17-13-11(16)6-3-7-12(13)19-14(17)18/h1-7H,8,16H2.